The highest BCUT2D eigenvalue weighted by Crippen LogP contribution is 2.32. The lowest BCUT2D eigenvalue weighted by Gasteiger charge is -2.13. The van der Waals surface area contributed by atoms with Gasteiger partial charge in [-0.25, -0.2) is 4.39 Å². The van der Waals surface area contributed by atoms with Crippen molar-refractivity contribution in [2.75, 3.05) is 5.32 Å². The van der Waals surface area contributed by atoms with Crippen molar-refractivity contribution in [3.63, 3.8) is 0 Å². The van der Waals surface area contributed by atoms with Crippen LogP contribution in [0.3, 0.4) is 0 Å². The zero-order valence-corrected chi connectivity index (χ0v) is 11.4. The molecule has 7 heteroatoms. The minimum atomic E-state index is -0.564. The lowest BCUT2D eigenvalue weighted by molar-refractivity contribution is -0.122. The normalized spacial score (nSPS) is 18.6. The number of halogens is 3. The number of hydrogen-bond acceptors (Lipinski definition) is 2. The van der Waals surface area contributed by atoms with Crippen LogP contribution in [-0.2, 0) is 9.59 Å². The van der Waals surface area contributed by atoms with Crippen molar-refractivity contribution in [3.05, 3.63) is 27.4 Å². The van der Waals surface area contributed by atoms with E-state index < -0.39 is 11.9 Å². The SMILES string of the molecule is O=C1CCC(C(=O)Nc2c(Cl)cc(F)cc2Br)N1. The van der Waals surface area contributed by atoms with Gasteiger partial charge in [0, 0.05) is 10.9 Å². The summed E-state index contributed by atoms with van der Waals surface area (Å²) in [7, 11) is 0. The van der Waals surface area contributed by atoms with Crippen LogP contribution in [0.15, 0.2) is 16.6 Å². The minimum Gasteiger partial charge on any atom is -0.344 e. The number of hydrogen-bond donors (Lipinski definition) is 2. The smallest absolute Gasteiger partial charge is 0.247 e. The van der Waals surface area contributed by atoms with Crippen LogP contribution in [0, 0.1) is 5.82 Å². The Morgan fingerprint density at radius 3 is 2.83 bits per heavy atom. The molecule has 0 spiro atoms. The number of nitrogens with one attached hydrogen (secondary N) is 2. The van der Waals surface area contributed by atoms with Gasteiger partial charge in [0.05, 0.1) is 10.7 Å². The van der Waals surface area contributed by atoms with Crippen LogP contribution in [-0.4, -0.2) is 17.9 Å². The molecule has 1 aliphatic heterocycles. The van der Waals surface area contributed by atoms with Gasteiger partial charge in [0.2, 0.25) is 11.8 Å². The second-order valence-corrected chi connectivity index (χ2v) is 5.15. The molecule has 1 fully saturated rings. The number of carbonyl (C=O) groups excluding carboxylic acids is 2. The first-order valence-corrected chi connectivity index (χ1v) is 6.39. The summed E-state index contributed by atoms with van der Waals surface area (Å²) >= 11 is 8.96. The molecule has 1 aromatic carbocycles. The molecular weight excluding hydrogens is 326 g/mol. The molecule has 1 aliphatic rings. The number of benzene rings is 1. The van der Waals surface area contributed by atoms with E-state index in [1.165, 1.54) is 6.07 Å². The number of rotatable bonds is 2. The van der Waals surface area contributed by atoms with Gasteiger partial charge >= 0.3 is 0 Å². The predicted molar refractivity (Wildman–Crippen MR) is 68.9 cm³/mol. The summed E-state index contributed by atoms with van der Waals surface area (Å²) in [6, 6.07) is 1.75. The first-order chi connectivity index (χ1) is 8.47. The third kappa shape index (κ3) is 2.81. The van der Waals surface area contributed by atoms with Crippen molar-refractivity contribution in [1.29, 1.82) is 0 Å². The van der Waals surface area contributed by atoms with Gasteiger partial charge in [0.1, 0.15) is 11.9 Å². The lowest BCUT2D eigenvalue weighted by Crippen LogP contribution is -2.37. The summed E-state index contributed by atoms with van der Waals surface area (Å²) in [5.41, 5.74) is 0.296. The zero-order chi connectivity index (χ0) is 13.3. The lowest BCUT2D eigenvalue weighted by atomic mass is 10.2. The first-order valence-electron chi connectivity index (χ1n) is 5.22. The average molecular weight is 336 g/mol. The second kappa shape index (κ2) is 5.24. The summed E-state index contributed by atoms with van der Waals surface area (Å²) in [4.78, 5) is 22.9. The minimum absolute atomic E-state index is 0.0968. The van der Waals surface area contributed by atoms with E-state index in [1.807, 2.05) is 0 Å². The first kappa shape index (κ1) is 13.3. The fourth-order valence-corrected chi connectivity index (χ4v) is 2.58. The van der Waals surface area contributed by atoms with Crippen LogP contribution in [0.1, 0.15) is 12.8 Å². The highest BCUT2D eigenvalue weighted by Gasteiger charge is 2.27. The standard InChI is InChI=1S/C11H9BrClFN2O2/c12-6-3-5(14)4-7(13)10(6)16-11(18)8-1-2-9(17)15-8/h3-4,8H,1-2H2,(H,15,17)(H,16,18). The molecular formula is C11H9BrClFN2O2. The fourth-order valence-electron chi connectivity index (χ4n) is 1.68. The van der Waals surface area contributed by atoms with E-state index in [0.29, 0.717) is 23.0 Å². The average Bonchev–Trinajstić information content (AvgIpc) is 2.70. The summed E-state index contributed by atoms with van der Waals surface area (Å²) in [5.74, 6) is -1.02. The molecule has 96 valence electrons. The second-order valence-electron chi connectivity index (χ2n) is 3.89. The Morgan fingerprint density at radius 2 is 2.28 bits per heavy atom. The van der Waals surface area contributed by atoms with E-state index in [4.69, 9.17) is 11.6 Å². The van der Waals surface area contributed by atoms with Crippen molar-refractivity contribution in [2.45, 2.75) is 18.9 Å². The van der Waals surface area contributed by atoms with E-state index in [0.717, 1.165) is 6.07 Å². The van der Waals surface area contributed by atoms with Crippen LogP contribution in [0.4, 0.5) is 10.1 Å². The van der Waals surface area contributed by atoms with Gasteiger partial charge in [-0.05, 0) is 34.5 Å². The van der Waals surface area contributed by atoms with Gasteiger partial charge in [-0.15, -0.1) is 0 Å². The van der Waals surface area contributed by atoms with Crippen LogP contribution in [0.25, 0.3) is 0 Å². The molecule has 1 heterocycles. The van der Waals surface area contributed by atoms with Crippen molar-refractivity contribution < 1.29 is 14.0 Å². The van der Waals surface area contributed by atoms with Crippen molar-refractivity contribution in [1.82, 2.24) is 5.32 Å². The molecule has 1 aromatic rings. The maximum atomic E-state index is 13.0. The summed E-state index contributed by atoms with van der Waals surface area (Å²) in [6.45, 7) is 0. The number of amides is 2. The van der Waals surface area contributed by atoms with Crippen molar-refractivity contribution >= 4 is 45.0 Å². The Bertz CT molecular complexity index is 501. The van der Waals surface area contributed by atoms with E-state index in [-0.39, 0.29) is 16.8 Å². The Labute approximate surface area is 116 Å². The number of anilines is 1. The maximum Gasteiger partial charge on any atom is 0.247 e. The van der Waals surface area contributed by atoms with Crippen molar-refractivity contribution in [3.8, 4) is 0 Å². The van der Waals surface area contributed by atoms with Crippen molar-refractivity contribution in [2.24, 2.45) is 0 Å². The molecule has 2 N–H and O–H groups in total. The molecule has 18 heavy (non-hydrogen) atoms. The van der Waals surface area contributed by atoms with Crippen LogP contribution >= 0.6 is 27.5 Å². The Hall–Kier alpha value is -1.14. The largest absolute Gasteiger partial charge is 0.344 e. The van der Waals surface area contributed by atoms with E-state index in [9.17, 15) is 14.0 Å². The Morgan fingerprint density at radius 1 is 1.56 bits per heavy atom. The predicted octanol–water partition coefficient (Wildman–Crippen LogP) is 2.46. The molecule has 1 unspecified atom stereocenters. The summed E-state index contributed by atoms with van der Waals surface area (Å²) in [6.07, 6.45) is 0.775. The van der Waals surface area contributed by atoms with Crippen LogP contribution in [0.2, 0.25) is 5.02 Å². The highest BCUT2D eigenvalue weighted by atomic mass is 79.9. The quantitative estimate of drug-likeness (QED) is 0.872. The highest BCUT2D eigenvalue weighted by molar-refractivity contribution is 9.10. The molecule has 1 atom stereocenters. The van der Waals surface area contributed by atoms with Crippen LogP contribution in [0.5, 0.6) is 0 Å². The zero-order valence-electron chi connectivity index (χ0n) is 9.10. The summed E-state index contributed by atoms with van der Waals surface area (Å²) < 4.78 is 13.4. The molecule has 0 aromatic heterocycles. The monoisotopic (exact) mass is 334 g/mol. The molecule has 2 amide bonds. The van der Waals surface area contributed by atoms with E-state index >= 15 is 0 Å². The summed E-state index contributed by atoms with van der Waals surface area (Å²) in [5, 5.41) is 5.21. The molecule has 2 rings (SSSR count). The Balaban J connectivity index is 2.14. The number of carbonyl (C=O) groups is 2. The molecule has 0 aliphatic carbocycles. The maximum absolute atomic E-state index is 13.0. The molecule has 0 bridgehead atoms. The van der Waals surface area contributed by atoms with Gasteiger partial charge < -0.3 is 10.6 Å². The van der Waals surface area contributed by atoms with Gasteiger partial charge in [0.25, 0.3) is 0 Å². The van der Waals surface area contributed by atoms with Gasteiger partial charge in [0.15, 0.2) is 0 Å². The fraction of sp³-hybridized carbons (Fsp3) is 0.273. The van der Waals surface area contributed by atoms with Gasteiger partial charge in [-0.3, -0.25) is 9.59 Å². The topological polar surface area (TPSA) is 58.2 Å². The third-order valence-electron chi connectivity index (χ3n) is 2.57. The van der Waals surface area contributed by atoms with Crippen LogP contribution < -0.4 is 10.6 Å². The molecule has 4 nitrogen and oxygen atoms in total. The van der Waals surface area contributed by atoms with Gasteiger partial charge in [-0.2, -0.15) is 0 Å². The molecule has 0 saturated carbocycles. The van der Waals surface area contributed by atoms with E-state index in [1.54, 1.807) is 0 Å². The Kier molecular flexibility index (Phi) is 3.87. The molecule has 1 saturated heterocycles. The third-order valence-corrected chi connectivity index (χ3v) is 3.49. The van der Waals surface area contributed by atoms with Gasteiger partial charge in [-0.1, -0.05) is 11.6 Å². The van der Waals surface area contributed by atoms with E-state index in [2.05, 4.69) is 26.6 Å². The molecule has 0 radical (unpaired) electrons.